The molecule has 0 atom stereocenters. The Morgan fingerprint density at radius 2 is 1.81 bits per heavy atom. The molecule has 3 aliphatic rings. The van der Waals surface area contributed by atoms with Crippen LogP contribution < -0.4 is 9.80 Å². The third-order valence-corrected chi connectivity index (χ3v) is 6.58. The maximum atomic E-state index is 12.3. The molecule has 32 heavy (non-hydrogen) atoms. The van der Waals surface area contributed by atoms with Crippen molar-refractivity contribution >= 4 is 29.6 Å². The first kappa shape index (κ1) is 19.3. The van der Waals surface area contributed by atoms with Gasteiger partial charge in [0.1, 0.15) is 0 Å². The smallest absolute Gasteiger partial charge is 0.410 e. The first-order chi connectivity index (χ1) is 15.5. The molecule has 0 aliphatic carbocycles. The van der Waals surface area contributed by atoms with E-state index >= 15 is 0 Å². The van der Waals surface area contributed by atoms with Gasteiger partial charge in [-0.25, -0.2) is 14.8 Å². The van der Waals surface area contributed by atoms with Gasteiger partial charge in [-0.2, -0.15) is 0 Å². The number of fused-ring (bicyclic) bond motifs is 3. The Kier molecular flexibility index (Phi) is 4.26. The number of hydrogen-bond acceptors (Lipinski definition) is 8. The molecule has 1 aromatic carbocycles. The van der Waals surface area contributed by atoms with Crippen molar-refractivity contribution < 1.29 is 9.53 Å². The molecule has 0 unspecified atom stereocenters. The predicted molar refractivity (Wildman–Crippen MR) is 117 cm³/mol. The second-order valence-electron chi connectivity index (χ2n) is 8.61. The van der Waals surface area contributed by atoms with Crippen LogP contribution in [0.2, 0.25) is 5.02 Å². The predicted octanol–water partition coefficient (Wildman–Crippen LogP) is 2.12. The van der Waals surface area contributed by atoms with Gasteiger partial charge in [-0.05, 0) is 29.8 Å². The molecular weight excluding hydrogens is 432 g/mol. The summed E-state index contributed by atoms with van der Waals surface area (Å²) in [7, 11) is 1.38. The first-order valence-electron chi connectivity index (χ1n) is 10.4. The lowest BCUT2D eigenvalue weighted by atomic mass is 9.73. The molecule has 11 heteroatoms. The molecule has 2 aromatic heterocycles. The fourth-order valence-electron chi connectivity index (χ4n) is 4.91. The van der Waals surface area contributed by atoms with Gasteiger partial charge in [0.15, 0.2) is 5.82 Å². The summed E-state index contributed by atoms with van der Waals surface area (Å²) in [4.78, 5) is 27.0. The van der Waals surface area contributed by atoms with Crippen molar-refractivity contribution in [2.75, 3.05) is 43.1 Å². The van der Waals surface area contributed by atoms with E-state index < -0.39 is 6.09 Å². The first-order valence-corrected chi connectivity index (χ1v) is 10.8. The number of hydrogen-bond donors (Lipinski definition) is 0. The summed E-state index contributed by atoms with van der Waals surface area (Å²) in [5, 5.41) is 9.53. The molecule has 1 amide bonds. The Labute approximate surface area is 189 Å². The monoisotopic (exact) mass is 452 g/mol. The minimum Gasteiger partial charge on any atom is -0.453 e. The van der Waals surface area contributed by atoms with Crippen molar-refractivity contribution in [2.24, 2.45) is 5.41 Å². The number of amides is 1. The third-order valence-electron chi connectivity index (χ3n) is 6.34. The zero-order valence-electron chi connectivity index (χ0n) is 17.5. The van der Waals surface area contributed by atoms with E-state index in [0.717, 1.165) is 49.3 Å². The van der Waals surface area contributed by atoms with Gasteiger partial charge in [-0.3, -0.25) is 9.47 Å². The summed E-state index contributed by atoms with van der Waals surface area (Å²) in [6.45, 7) is 4.33. The quantitative estimate of drug-likeness (QED) is 0.583. The molecule has 2 saturated heterocycles. The van der Waals surface area contributed by atoms with Crippen LogP contribution in [-0.4, -0.2) is 69.0 Å². The zero-order valence-corrected chi connectivity index (χ0v) is 18.2. The number of halogens is 1. The number of carbonyl (C=O) groups excluding carboxylic acids is 1. The molecular formula is C21H21ClN8O2. The topological polar surface area (TPSA) is 92.5 Å². The Bertz CT molecular complexity index is 1190. The van der Waals surface area contributed by atoms with Crippen LogP contribution in [-0.2, 0) is 17.8 Å². The number of anilines is 2. The molecule has 2 fully saturated rings. The number of aromatic nitrogens is 5. The van der Waals surface area contributed by atoms with E-state index in [1.807, 2.05) is 28.8 Å². The molecule has 3 aromatic rings. The number of methoxy groups -OCH3 is 1. The van der Waals surface area contributed by atoms with Crippen molar-refractivity contribution in [3.63, 3.8) is 0 Å². The normalized spacial score (nSPS) is 18.4. The van der Waals surface area contributed by atoms with E-state index in [1.165, 1.54) is 7.11 Å². The highest BCUT2D eigenvalue weighted by atomic mass is 35.5. The standard InChI is InChI=1S/C21H21ClN8O2/c1-32-20(31)27-8-14-7-15(22)3-4-16(14)30-17(9-27)25-26-19(30)29-12-21(13-29)10-28(11-21)18-23-5-2-6-24-18/h2-7H,8-13H2,1H3. The zero-order chi connectivity index (χ0) is 21.9. The molecule has 0 bridgehead atoms. The maximum absolute atomic E-state index is 12.3. The summed E-state index contributed by atoms with van der Waals surface area (Å²) in [5.74, 6) is 2.26. The number of benzene rings is 1. The molecule has 10 nitrogen and oxygen atoms in total. The highest BCUT2D eigenvalue weighted by Gasteiger charge is 2.53. The lowest BCUT2D eigenvalue weighted by molar-refractivity contribution is 0.117. The van der Waals surface area contributed by atoms with Crippen LogP contribution in [0.4, 0.5) is 16.7 Å². The van der Waals surface area contributed by atoms with Gasteiger partial charge < -0.3 is 14.5 Å². The van der Waals surface area contributed by atoms with Gasteiger partial charge >= 0.3 is 6.09 Å². The van der Waals surface area contributed by atoms with E-state index in [1.54, 1.807) is 17.3 Å². The fourth-order valence-corrected chi connectivity index (χ4v) is 5.11. The van der Waals surface area contributed by atoms with Crippen molar-refractivity contribution in [2.45, 2.75) is 13.1 Å². The van der Waals surface area contributed by atoms with Crippen LogP contribution in [0.25, 0.3) is 5.69 Å². The summed E-state index contributed by atoms with van der Waals surface area (Å²) in [6.07, 6.45) is 3.13. The van der Waals surface area contributed by atoms with Gasteiger partial charge in [0.25, 0.3) is 0 Å². The van der Waals surface area contributed by atoms with E-state index in [-0.39, 0.29) is 5.41 Å². The number of rotatable bonds is 2. The SMILES string of the molecule is COC(=O)N1Cc2cc(Cl)ccc2-n2c(nnc2N2CC3(CN(c4ncccn4)C3)C2)C1. The fraction of sp³-hybridized carbons (Fsp3) is 0.381. The van der Waals surface area contributed by atoms with Gasteiger partial charge in [0.05, 0.1) is 25.9 Å². The highest BCUT2D eigenvalue weighted by Crippen LogP contribution is 2.43. The Morgan fingerprint density at radius 3 is 2.56 bits per heavy atom. The molecule has 164 valence electrons. The van der Waals surface area contributed by atoms with E-state index in [2.05, 4.69) is 30.0 Å². The Hall–Kier alpha value is -3.40. The average Bonchev–Trinajstić information content (AvgIpc) is 3.07. The second-order valence-corrected chi connectivity index (χ2v) is 9.05. The number of carbonyl (C=O) groups is 1. The van der Waals surface area contributed by atoms with Crippen LogP contribution in [0, 0.1) is 5.41 Å². The Balaban J connectivity index is 1.27. The minimum atomic E-state index is -0.408. The van der Waals surface area contributed by atoms with Gasteiger partial charge in [-0.15, -0.1) is 10.2 Å². The molecule has 5 heterocycles. The van der Waals surface area contributed by atoms with Gasteiger partial charge in [-0.1, -0.05) is 11.6 Å². The third kappa shape index (κ3) is 2.97. The summed E-state index contributed by atoms with van der Waals surface area (Å²) >= 11 is 6.26. The molecule has 0 radical (unpaired) electrons. The van der Waals surface area contributed by atoms with Crippen molar-refractivity contribution in [3.05, 3.63) is 53.1 Å². The van der Waals surface area contributed by atoms with Crippen LogP contribution in [0.5, 0.6) is 0 Å². The summed E-state index contributed by atoms with van der Waals surface area (Å²) in [5.41, 5.74) is 2.08. The molecule has 6 rings (SSSR count). The van der Waals surface area contributed by atoms with Crippen molar-refractivity contribution in [3.8, 4) is 5.69 Å². The minimum absolute atomic E-state index is 0.219. The highest BCUT2D eigenvalue weighted by molar-refractivity contribution is 6.30. The van der Waals surface area contributed by atoms with Gasteiger partial charge in [0.2, 0.25) is 11.9 Å². The molecule has 3 aliphatic heterocycles. The van der Waals surface area contributed by atoms with E-state index in [9.17, 15) is 4.79 Å². The maximum Gasteiger partial charge on any atom is 0.410 e. The van der Waals surface area contributed by atoms with Crippen LogP contribution in [0.15, 0.2) is 36.7 Å². The Morgan fingerprint density at radius 1 is 1.06 bits per heavy atom. The number of nitrogens with zero attached hydrogens (tertiary/aromatic N) is 8. The van der Waals surface area contributed by atoms with E-state index in [4.69, 9.17) is 16.3 Å². The summed E-state index contributed by atoms with van der Waals surface area (Å²) in [6, 6.07) is 7.52. The largest absolute Gasteiger partial charge is 0.453 e. The molecule has 1 spiro atoms. The van der Waals surface area contributed by atoms with E-state index in [0.29, 0.717) is 23.9 Å². The lowest BCUT2D eigenvalue weighted by Crippen LogP contribution is -2.73. The molecule has 0 saturated carbocycles. The van der Waals surface area contributed by atoms with Crippen molar-refractivity contribution in [1.82, 2.24) is 29.6 Å². The second kappa shape index (κ2) is 7.06. The van der Waals surface area contributed by atoms with Crippen molar-refractivity contribution in [1.29, 1.82) is 0 Å². The lowest BCUT2D eigenvalue weighted by Gasteiger charge is -2.60. The van der Waals surface area contributed by atoms with Crippen LogP contribution in [0.1, 0.15) is 11.4 Å². The number of ether oxygens (including phenoxy) is 1. The summed E-state index contributed by atoms with van der Waals surface area (Å²) < 4.78 is 7.00. The molecule has 0 N–H and O–H groups in total. The van der Waals surface area contributed by atoms with Crippen LogP contribution >= 0.6 is 11.6 Å². The van der Waals surface area contributed by atoms with Gasteiger partial charge in [0, 0.05) is 49.0 Å². The van der Waals surface area contributed by atoms with Crippen LogP contribution in [0.3, 0.4) is 0 Å². The average molecular weight is 453 g/mol.